The van der Waals surface area contributed by atoms with E-state index in [1.807, 2.05) is 31.2 Å². The van der Waals surface area contributed by atoms with Crippen molar-refractivity contribution in [2.75, 3.05) is 19.0 Å². The van der Waals surface area contributed by atoms with E-state index in [2.05, 4.69) is 10.3 Å². The Morgan fingerprint density at radius 2 is 2.10 bits per heavy atom. The highest BCUT2D eigenvalue weighted by Gasteiger charge is 2.15. The fraction of sp³-hybridized carbons (Fsp3) is 0.333. The number of methoxy groups -OCH3 is 1. The van der Waals surface area contributed by atoms with Crippen molar-refractivity contribution in [3.05, 3.63) is 45.4 Å². The van der Waals surface area contributed by atoms with Gasteiger partial charge in [-0.1, -0.05) is 12.1 Å². The predicted molar refractivity (Wildman–Crippen MR) is 82.7 cm³/mol. The third-order valence-electron chi connectivity index (χ3n) is 2.93. The van der Waals surface area contributed by atoms with Gasteiger partial charge in [-0.25, -0.2) is 4.98 Å². The molecule has 0 saturated heterocycles. The van der Waals surface area contributed by atoms with E-state index in [4.69, 9.17) is 9.84 Å². The number of hydrogen-bond donors (Lipinski definition) is 2. The van der Waals surface area contributed by atoms with E-state index < -0.39 is 0 Å². The van der Waals surface area contributed by atoms with E-state index in [0.29, 0.717) is 23.6 Å². The zero-order chi connectivity index (χ0) is 15.2. The molecule has 0 fully saturated rings. The van der Waals surface area contributed by atoms with Crippen molar-refractivity contribution in [2.45, 2.75) is 20.0 Å². The number of aryl methyl sites for hydroxylation is 1. The van der Waals surface area contributed by atoms with Gasteiger partial charge in [-0.2, -0.15) is 0 Å². The highest BCUT2D eigenvalue weighted by atomic mass is 32.1. The summed E-state index contributed by atoms with van der Waals surface area (Å²) in [4.78, 5) is 17.1. The summed E-state index contributed by atoms with van der Waals surface area (Å²) in [6.07, 6.45) is 0.614. The maximum absolute atomic E-state index is 12.2. The van der Waals surface area contributed by atoms with Crippen LogP contribution in [0.3, 0.4) is 0 Å². The van der Waals surface area contributed by atoms with Crippen molar-refractivity contribution >= 4 is 22.9 Å². The second kappa shape index (κ2) is 7.31. The van der Waals surface area contributed by atoms with Gasteiger partial charge in [-0.05, 0) is 31.0 Å². The molecule has 1 aromatic heterocycles. The average Bonchev–Trinajstić information content (AvgIpc) is 2.83. The van der Waals surface area contributed by atoms with Crippen LogP contribution >= 0.6 is 11.3 Å². The number of rotatable bonds is 6. The smallest absolute Gasteiger partial charge is 0.267 e. The van der Waals surface area contributed by atoms with Gasteiger partial charge >= 0.3 is 0 Å². The number of benzene rings is 1. The molecule has 1 aromatic carbocycles. The Bertz CT molecular complexity index is 608. The minimum absolute atomic E-state index is 0.119. The first kappa shape index (κ1) is 15.6. The Balaban J connectivity index is 2.06. The van der Waals surface area contributed by atoms with Crippen molar-refractivity contribution < 1.29 is 14.6 Å². The molecule has 0 radical (unpaired) electrons. The van der Waals surface area contributed by atoms with E-state index in [1.165, 1.54) is 11.3 Å². The molecule has 0 atom stereocenters. The zero-order valence-electron chi connectivity index (χ0n) is 12.0. The van der Waals surface area contributed by atoms with E-state index in [9.17, 15) is 4.79 Å². The van der Waals surface area contributed by atoms with Gasteiger partial charge in [0.2, 0.25) is 0 Å². The van der Waals surface area contributed by atoms with E-state index in [-0.39, 0.29) is 12.5 Å². The molecule has 21 heavy (non-hydrogen) atoms. The maximum atomic E-state index is 12.2. The maximum Gasteiger partial charge on any atom is 0.267 e. The summed E-state index contributed by atoms with van der Waals surface area (Å²) in [6, 6.07) is 7.44. The Labute approximate surface area is 127 Å². The van der Waals surface area contributed by atoms with Crippen LogP contribution in [0.4, 0.5) is 5.69 Å². The van der Waals surface area contributed by atoms with Gasteiger partial charge in [-0.3, -0.25) is 4.79 Å². The third-order valence-corrected chi connectivity index (χ3v) is 4.06. The minimum atomic E-state index is -0.165. The third kappa shape index (κ3) is 4.10. The molecule has 0 aliphatic rings. The largest absolute Gasteiger partial charge is 0.396 e. The number of ether oxygens (including phenoxy) is 1. The van der Waals surface area contributed by atoms with Crippen molar-refractivity contribution in [1.29, 1.82) is 0 Å². The average molecular weight is 306 g/mol. The SMILES string of the molecule is COCc1nc(C)c(C(=O)Nc2ccc(CCO)cc2)s1. The molecule has 1 amide bonds. The molecule has 5 nitrogen and oxygen atoms in total. The van der Waals surface area contributed by atoms with Gasteiger partial charge in [0.25, 0.3) is 5.91 Å². The number of hydrogen-bond acceptors (Lipinski definition) is 5. The first-order valence-electron chi connectivity index (χ1n) is 6.60. The Morgan fingerprint density at radius 1 is 1.38 bits per heavy atom. The topological polar surface area (TPSA) is 71.5 Å². The van der Waals surface area contributed by atoms with Crippen LogP contribution in [0, 0.1) is 6.92 Å². The summed E-state index contributed by atoms with van der Waals surface area (Å²) < 4.78 is 5.03. The lowest BCUT2D eigenvalue weighted by atomic mass is 10.1. The second-order valence-electron chi connectivity index (χ2n) is 4.58. The van der Waals surface area contributed by atoms with E-state index in [1.54, 1.807) is 7.11 Å². The van der Waals surface area contributed by atoms with Gasteiger partial charge in [0.15, 0.2) is 0 Å². The number of amides is 1. The van der Waals surface area contributed by atoms with Gasteiger partial charge < -0.3 is 15.2 Å². The molecule has 2 aromatic rings. The van der Waals surface area contributed by atoms with Crippen LogP contribution in [-0.4, -0.2) is 29.7 Å². The number of carbonyl (C=O) groups excluding carboxylic acids is 1. The molecule has 0 saturated carbocycles. The van der Waals surface area contributed by atoms with Crippen LogP contribution in [0.25, 0.3) is 0 Å². The molecule has 0 aliphatic carbocycles. The number of nitrogens with zero attached hydrogens (tertiary/aromatic N) is 1. The molecule has 0 unspecified atom stereocenters. The molecule has 0 aliphatic heterocycles. The number of aromatic nitrogens is 1. The summed E-state index contributed by atoms with van der Waals surface area (Å²) in [5.41, 5.74) is 2.47. The molecular weight excluding hydrogens is 288 g/mol. The summed E-state index contributed by atoms with van der Waals surface area (Å²) in [5, 5.41) is 12.5. The highest BCUT2D eigenvalue weighted by molar-refractivity contribution is 7.13. The fourth-order valence-electron chi connectivity index (χ4n) is 1.92. The first-order valence-corrected chi connectivity index (χ1v) is 7.42. The van der Waals surface area contributed by atoms with Gasteiger partial charge in [0.05, 0.1) is 12.3 Å². The van der Waals surface area contributed by atoms with Crippen molar-refractivity contribution in [2.24, 2.45) is 0 Å². The first-order chi connectivity index (χ1) is 10.1. The van der Waals surface area contributed by atoms with Crippen LogP contribution < -0.4 is 5.32 Å². The van der Waals surface area contributed by atoms with E-state index >= 15 is 0 Å². The normalized spacial score (nSPS) is 10.6. The summed E-state index contributed by atoms with van der Waals surface area (Å²) >= 11 is 1.34. The fourth-order valence-corrected chi connectivity index (χ4v) is 2.85. The standard InChI is InChI=1S/C15H18N2O3S/c1-10-14(21-13(16-10)9-20-2)15(19)17-12-5-3-11(4-6-12)7-8-18/h3-6,18H,7-9H2,1-2H3,(H,17,19). The van der Waals surface area contributed by atoms with Gasteiger partial charge in [0.1, 0.15) is 9.88 Å². The van der Waals surface area contributed by atoms with Crippen molar-refractivity contribution in [1.82, 2.24) is 4.98 Å². The molecule has 112 valence electrons. The number of anilines is 1. The van der Waals surface area contributed by atoms with Crippen molar-refractivity contribution in [3.8, 4) is 0 Å². The molecular formula is C15H18N2O3S. The van der Waals surface area contributed by atoms with E-state index in [0.717, 1.165) is 16.3 Å². The zero-order valence-corrected chi connectivity index (χ0v) is 12.9. The van der Waals surface area contributed by atoms with Gasteiger partial charge in [-0.15, -0.1) is 11.3 Å². The van der Waals surface area contributed by atoms with Crippen molar-refractivity contribution in [3.63, 3.8) is 0 Å². The highest BCUT2D eigenvalue weighted by Crippen LogP contribution is 2.20. The summed E-state index contributed by atoms with van der Waals surface area (Å²) in [6.45, 7) is 2.34. The molecule has 6 heteroatoms. The van der Waals surface area contributed by atoms with Crippen LogP contribution in [0.15, 0.2) is 24.3 Å². The number of nitrogens with one attached hydrogen (secondary N) is 1. The quantitative estimate of drug-likeness (QED) is 0.859. The molecule has 1 heterocycles. The molecule has 0 spiro atoms. The van der Waals surface area contributed by atoms with Crippen LogP contribution in [0.1, 0.15) is 25.9 Å². The lowest BCUT2D eigenvalue weighted by Crippen LogP contribution is -2.11. The minimum Gasteiger partial charge on any atom is -0.396 e. The van der Waals surface area contributed by atoms with Gasteiger partial charge in [0, 0.05) is 19.4 Å². The number of thiazole rings is 1. The van der Waals surface area contributed by atoms with Crippen LogP contribution in [0.5, 0.6) is 0 Å². The Kier molecular flexibility index (Phi) is 5.44. The summed E-state index contributed by atoms with van der Waals surface area (Å²) in [7, 11) is 1.60. The molecule has 0 bridgehead atoms. The molecule has 2 rings (SSSR count). The monoisotopic (exact) mass is 306 g/mol. The number of aliphatic hydroxyl groups is 1. The Hall–Kier alpha value is -1.76. The number of carbonyl (C=O) groups is 1. The Morgan fingerprint density at radius 3 is 2.71 bits per heavy atom. The second-order valence-corrected chi connectivity index (χ2v) is 5.66. The summed E-state index contributed by atoms with van der Waals surface area (Å²) in [5.74, 6) is -0.165. The lowest BCUT2D eigenvalue weighted by molar-refractivity contribution is 0.103. The molecule has 2 N–H and O–H groups in total. The predicted octanol–water partition coefficient (Wildman–Crippen LogP) is 2.39. The van der Waals surface area contributed by atoms with Crippen LogP contribution in [-0.2, 0) is 17.8 Å². The van der Waals surface area contributed by atoms with Crippen LogP contribution in [0.2, 0.25) is 0 Å². The lowest BCUT2D eigenvalue weighted by Gasteiger charge is -2.05. The number of aliphatic hydroxyl groups excluding tert-OH is 1.